The first kappa shape index (κ1) is 20.4. The lowest BCUT2D eigenvalue weighted by Gasteiger charge is -2.22. The summed E-state index contributed by atoms with van der Waals surface area (Å²) in [5.41, 5.74) is 3.46. The summed E-state index contributed by atoms with van der Waals surface area (Å²) in [6.07, 6.45) is 2.91. The van der Waals surface area contributed by atoms with Gasteiger partial charge in [0, 0.05) is 24.0 Å². The number of anilines is 1. The fraction of sp³-hybridized carbons (Fsp3) is 0.280. The summed E-state index contributed by atoms with van der Waals surface area (Å²) in [5.74, 6) is 0.384. The molecule has 2 amide bonds. The molecule has 0 saturated heterocycles. The third-order valence-corrected chi connectivity index (χ3v) is 6.77. The van der Waals surface area contributed by atoms with Gasteiger partial charge in [-0.2, -0.15) is 0 Å². The number of fused-ring (bicyclic) bond motifs is 1. The molecule has 3 aromatic rings. The molecule has 0 spiro atoms. The molecule has 1 heterocycles. The number of carbonyl (C=O) groups is 2. The minimum Gasteiger partial charge on any atom is -0.337 e. The zero-order chi connectivity index (χ0) is 21.1. The molecule has 1 aliphatic rings. The second-order valence-corrected chi connectivity index (χ2v) is 9.13. The highest BCUT2D eigenvalue weighted by molar-refractivity contribution is 7.17. The molecular formula is C25H26N2O2S. The van der Waals surface area contributed by atoms with Crippen LogP contribution in [0.5, 0.6) is 0 Å². The molecule has 154 valence electrons. The van der Waals surface area contributed by atoms with Crippen molar-refractivity contribution in [2.24, 2.45) is 5.92 Å². The predicted octanol–water partition coefficient (Wildman–Crippen LogP) is 5.40. The number of hydrogen-bond acceptors (Lipinski definition) is 3. The van der Waals surface area contributed by atoms with E-state index in [4.69, 9.17) is 0 Å². The molecule has 2 aromatic carbocycles. The maximum Gasteiger partial charge on any atom is 0.257 e. The predicted molar refractivity (Wildman–Crippen MR) is 122 cm³/mol. The number of rotatable bonds is 5. The fourth-order valence-electron chi connectivity index (χ4n) is 3.95. The smallest absolute Gasteiger partial charge is 0.257 e. The van der Waals surface area contributed by atoms with E-state index in [0.717, 1.165) is 30.4 Å². The Labute approximate surface area is 181 Å². The Kier molecular flexibility index (Phi) is 6.00. The summed E-state index contributed by atoms with van der Waals surface area (Å²) >= 11 is 1.56. The van der Waals surface area contributed by atoms with Crippen LogP contribution >= 0.6 is 11.3 Å². The first-order valence-electron chi connectivity index (χ1n) is 10.3. The van der Waals surface area contributed by atoms with E-state index in [1.807, 2.05) is 55.6 Å². The lowest BCUT2D eigenvalue weighted by molar-refractivity contribution is 0.0785. The van der Waals surface area contributed by atoms with Gasteiger partial charge in [-0.1, -0.05) is 55.5 Å². The highest BCUT2D eigenvalue weighted by Crippen LogP contribution is 2.40. The standard InChI is InChI=1S/C25H26N2O2S/c1-17-13-14-20-21(15-17)30-24(26-23(28)19-11-7-4-8-12-19)22(20)25(29)27(2)16-18-9-5-3-6-10-18/h3-12,17H,13-16H2,1-2H3,(H,26,28)/t17-/m1/s1. The van der Waals surface area contributed by atoms with Crippen molar-refractivity contribution < 1.29 is 9.59 Å². The Morgan fingerprint density at radius 2 is 1.73 bits per heavy atom. The molecule has 0 radical (unpaired) electrons. The van der Waals surface area contributed by atoms with E-state index >= 15 is 0 Å². The van der Waals surface area contributed by atoms with Gasteiger partial charge in [0.25, 0.3) is 11.8 Å². The van der Waals surface area contributed by atoms with Gasteiger partial charge in [0.05, 0.1) is 5.56 Å². The van der Waals surface area contributed by atoms with E-state index in [0.29, 0.717) is 28.6 Å². The molecule has 5 heteroatoms. The number of nitrogens with one attached hydrogen (secondary N) is 1. The van der Waals surface area contributed by atoms with Gasteiger partial charge in [-0.3, -0.25) is 9.59 Å². The van der Waals surface area contributed by atoms with Crippen LogP contribution < -0.4 is 5.32 Å². The Morgan fingerprint density at radius 1 is 1.07 bits per heavy atom. The van der Waals surface area contributed by atoms with Crippen LogP contribution in [0.2, 0.25) is 0 Å². The SMILES string of the molecule is C[C@@H]1CCc2c(sc(NC(=O)c3ccccc3)c2C(=O)N(C)Cc2ccccc2)C1. The zero-order valence-electron chi connectivity index (χ0n) is 17.4. The first-order valence-corrected chi connectivity index (χ1v) is 11.1. The summed E-state index contributed by atoms with van der Waals surface area (Å²) in [6, 6.07) is 19.1. The Hall–Kier alpha value is -2.92. The maximum atomic E-state index is 13.5. The van der Waals surface area contributed by atoms with Crippen molar-refractivity contribution in [3.63, 3.8) is 0 Å². The highest BCUT2D eigenvalue weighted by atomic mass is 32.1. The van der Waals surface area contributed by atoms with Crippen molar-refractivity contribution in [1.82, 2.24) is 4.90 Å². The minimum absolute atomic E-state index is 0.0331. The second kappa shape index (κ2) is 8.84. The monoisotopic (exact) mass is 418 g/mol. The number of amides is 2. The molecule has 30 heavy (non-hydrogen) atoms. The second-order valence-electron chi connectivity index (χ2n) is 8.02. The van der Waals surface area contributed by atoms with Gasteiger partial charge in [-0.15, -0.1) is 11.3 Å². The van der Waals surface area contributed by atoms with Gasteiger partial charge >= 0.3 is 0 Å². The summed E-state index contributed by atoms with van der Waals surface area (Å²) in [4.78, 5) is 29.3. The third kappa shape index (κ3) is 4.31. The quantitative estimate of drug-likeness (QED) is 0.603. The van der Waals surface area contributed by atoms with E-state index in [2.05, 4.69) is 12.2 Å². The van der Waals surface area contributed by atoms with Crippen LogP contribution in [0.3, 0.4) is 0 Å². The van der Waals surface area contributed by atoms with Gasteiger partial charge in [-0.25, -0.2) is 0 Å². The molecule has 0 saturated carbocycles. The van der Waals surface area contributed by atoms with Crippen LogP contribution in [-0.2, 0) is 19.4 Å². The number of thiophene rings is 1. The lowest BCUT2D eigenvalue weighted by Crippen LogP contribution is -2.28. The van der Waals surface area contributed by atoms with Crippen molar-refractivity contribution in [1.29, 1.82) is 0 Å². The van der Waals surface area contributed by atoms with Crippen LogP contribution in [0.4, 0.5) is 5.00 Å². The van der Waals surface area contributed by atoms with Crippen molar-refractivity contribution >= 4 is 28.2 Å². The van der Waals surface area contributed by atoms with Gasteiger partial charge in [0.15, 0.2) is 0 Å². The molecule has 0 unspecified atom stereocenters. The van der Waals surface area contributed by atoms with Crippen LogP contribution in [-0.4, -0.2) is 23.8 Å². The third-order valence-electron chi connectivity index (χ3n) is 5.60. The van der Waals surface area contributed by atoms with E-state index in [9.17, 15) is 9.59 Å². The average molecular weight is 419 g/mol. The fourth-order valence-corrected chi connectivity index (χ4v) is 5.35. The Morgan fingerprint density at radius 3 is 2.43 bits per heavy atom. The molecule has 0 bridgehead atoms. The van der Waals surface area contributed by atoms with Gasteiger partial charge in [-0.05, 0) is 48.4 Å². The molecule has 4 rings (SSSR count). The largest absolute Gasteiger partial charge is 0.337 e. The number of nitrogens with zero attached hydrogens (tertiary/aromatic N) is 1. The average Bonchev–Trinajstić information content (AvgIpc) is 3.11. The number of hydrogen-bond donors (Lipinski definition) is 1. The molecular weight excluding hydrogens is 392 g/mol. The molecule has 1 aromatic heterocycles. The molecule has 0 aliphatic heterocycles. The molecule has 0 fully saturated rings. The molecule has 1 atom stereocenters. The van der Waals surface area contributed by atoms with Gasteiger partial charge < -0.3 is 10.2 Å². The van der Waals surface area contributed by atoms with Crippen molar-refractivity contribution in [2.45, 2.75) is 32.7 Å². The molecule has 1 N–H and O–H groups in total. The van der Waals surface area contributed by atoms with Crippen molar-refractivity contribution in [2.75, 3.05) is 12.4 Å². The number of benzene rings is 2. The lowest BCUT2D eigenvalue weighted by atomic mass is 9.88. The summed E-state index contributed by atoms with van der Waals surface area (Å²) in [7, 11) is 1.83. The van der Waals surface area contributed by atoms with E-state index < -0.39 is 0 Å². The normalized spacial score (nSPS) is 15.3. The van der Waals surface area contributed by atoms with Crippen LogP contribution in [0.25, 0.3) is 0 Å². The van der Waals surface area contributed by atoms with Crippen molar-refractivity contribution in [3.8, 4) is 0 Å². The zero-order valence-corrected chi connectivity index (χ0v) is 18.2. The first-order chi connectivity index (χ1) is 14.5. The minimum atomic E-state index is -0.179. The molecule has 1 aliphatic carbocycles. The maximum absolute atomic E-state index is 13.5. The summed E-state index contributed by atoms with van der Waals surface area (Å²) in [5, 5.41) is 3.70. The summed E-state index contributed by atoms with van der Waals surface area (Å²) in [6.45, 7) is 2.78. The van der Waals surface area contributed by atoms with Gasteiger partial charge in [0.1, 0.15) is 5.00 Å². The van der Waals surface area contributed by atoms with Crippen LogP contribution in [0.1, 0.15) is 50.1 Å². The van der Waals surface area contributed by atoms with E-state index in [1.54, 1.807) is 28.4 Å². The molecule has 4 nitrogen and oxygen atoms in total. The Bertz CT molecular complexity index is 1040. The summed E-state index contributed by atoms with van der Waals surface area (Å²) < 4.78 is 0. The topological polar surface area (TPSA) is 49.4 Å². The van der Waals surface area contributed by atoms with Crippen LogP contribution in [0.15, 0.2) is 60.7 Å². The highest BCUT2D eigenvalue weighted by Gasteiger charge is 2.30. The number of carbonyl (C=O) groups excluding carboxylic acids is 2. The van der Waals surface area contributed by atoms with Gasteiger partial charge in [0.2, 0.25) is 0 Å². The van der Waals surface area contributed by atoms with Crippen molar-refractivity contribution in [3.05, 3.63) is 87.8 Å². The van der Waals surface area contributed by atoms with E-state index in [-0.39, 0.29) is 11.8 Å². The van der Waals surface area contributed by atoms with Crippen LogP contribution in [0, 0.1) is 5.92 Å². The van der Waals surface area contributed by atoms with E-state index in [1.165, 1.54) is 4.88 Å². The Balaban J connectivity index is 1.65.